The second-order valence-electron chi connectivity index (χ2n) is 8.38. The summed E-state index contributed by atoms with van der Waals surface area (Å²) in [6, 6.07) is 10.5. The van der Waals surface area contributed by atoms with Crippen LogP contribution in [0, 0.1) is 0 Å². The summed E-state index contributed by atoms with van der Waals surface area (Å²) in [6.45, 7) is 5.20. The number of nitrogens with zero attached hydrogens (tertiary/aromatic N) is 4. The van der Waals surface area contributed by atoms with Gasteiger partial charge in [0.1, 0.15) is 11.6 Å². The molecule has 0 saturated heterocycles. The standard InChI is InChI=1S/C24H26ClN5O4/c1-15(26-24(31)16-4-3-5-18(10-16)32-2)23-28-27-22-6-7-29(8-9-30(22)23)13-17-11-20-21(12-19(17)25)34-14-33-20/h3-5,10-12,15H,6-9,13-14H2,1-2H3,(H,26,31)/t15-/m1/s1. The monoisotopic (exact) mass is 483 g/mol. The zero-order valence-corrected chi connectivity index (χ0v) is 19.8. The van der Waals surface area contributed by atoms with Crippen LogP contribution in [0.1, 0.15) is 40.5 Å². The molecule has 5 rings (SSSR count). The molecule has 2 aliphatic heterocycles. The third-order valence-corrected chi connectivity index (χ3v) is 6.50. The molecule has 1 atom stereocenters. The molecule has 0 saturated carbocycles. The average Bonchev–Trinajstić information content (AvgIpc) is 3.42. The Balaban J connectivity index is 1.25. The van der Waals surface area contributed by atoms with E-state index in [1.807, 2.05) is 19.1 Å². The Labute approximate surface area is 202 Å². The Morgan fingerprint density at radius 2 is 2.00 bits per heavy atom. The molecule has 0 aliphatic carbocycles. The smallest absolute Gasteiger partial charge is 0.251 e. The maximum absolute atomic E-state index is 12.8. The molecule has 9 nitrogen and oxygen atoms in total. The van der Waals surface area contributed by atoms with E-state index in [0.717, 1.165) is 49.0 Å². The second-order valence-corrected chi connectivity index (χ2v) is 8.78. The van der Waals surface area contributed by atoms with Crippen molar-refractivity contribution in [2.75, 3.05) is 27.0 Å². The Morgan fingerprint density at radius 3 is 2.82 bits per heavy atom. The lowest BCUT2D eigenvalue weighted by Gasteiger charge is -2.21. The lowest BCUT2D eigenvalue weighted by molar-refractivity contribution is 0.0937. The quantitative estimate of drug-likeness (QED) is 0.575. The highest BCUT2D eigenvalue weighted by molar-refractivity contribution is 6.31. The Morgan fingerprint density at radius 1 is 1.18 bits per heavy atom. The number of nitrogens with one attached hydrogen (secondary N) is 1. The first kappa shape index (κ1) is 22.5. The molecule has 1 N–H and O–H groups in total. The van der Waals surface area contributed by atoms with E-state index in [4.69, 9.17) is 25.8 Å². The minimum atomic E-state index is -0.296. The number of carbonyl (C=O) groups is 1. The summed E-state index contributed by atoms with van der Waals surface area (Å²) in [5.74, 6) is 3.53. The third-order valence-electron chi connectivity index (χ3n) is 6.15. The molecule has 1 amide bonds. The Kier molecular flexibility index (Phi) is 6.30. The third kappa shape index (κ3) is 4.53. The van der Waals surface area contributed by atoms with Gasteiger partial charge >= 0.3 is 0 Å². The minimum Gasteiger partial charge on any atom is -0.497 e. The van der Waals surface area contributed by atoms with Crippen molar-refractivity contribution in [1.29, 1.82) is 0 Å². The number of benzene rings is 2. The van der Waals surface area contributed by atoms with E-state index >= 15 is 0 Å². The lowest BCUT2D eigenvalue weighted by atomic mass is 10.2. The van der Waals surface area contributed by atoms with E-state index in [-0.39, 0.29) is 18.7 Å². The number of hydrogen-bond acceptors (Lipinski definition) is 7. The first-order chi connectivity index (χ1) is 16.5. The van der Waals surface area contributed by atoms with Gasteiger partial charge in [-0.2, -0.15) is 0 Å². The van der Waals surface area contributed by atoms with E-state index in [2.05, 4.69) is 25.0 Å². The molecule has 2 aromatic carbocycles. The molecular weight excluding hydrogens is 458 g/mol. The molecule has 0 radical (unpaired) electrons. The summed E-state index contributed by atoms with van der Waals surface area (Å²) in [5.41, 5.74) is 1.54. The van der Waals surface area contributed by atoms with Gasteiger partial charge in [-0.1, -0.05) is 17.7 Å². The molecule has 178 valence electrons. The summed E-state index contributed by atoms with van der Waals surface area (Å²) in [7, 11) is 1.58. The van der Waals surface area contributed by atoms with Crippen molar-refractivity contribution in [3.8, 4) is 17.2 Å². The summed E-state index contributed by atoms with van der Waals surface area (Å²) in [5, 5.41) is 12.5. The van der Waals surface area contributed by atoms with Gasteiger partial charge in [-0.05, 0) is 36.8 Å². The van der Waals surface area contributed by atoms with Gasteiger partial charge in [-0.25, -0.2) is 0 Å². The number of amides is 1. The highest BCUT2D eigenvalue weighted by Crippen LogP contribution is 2.37. The lowest BCUT2D eigenvalue weighted by Crippen LogP contribution is -2.30. The zero-order valence-electron chi connectivity index (χ0n) is 19.1. The van der Waals surface area contributed by atoms with Crippen molar-refractivity contribution >= 4 is 17.5 Å². The summed E-state index contributed by atoms with van der Waals surface area (Å²) >= 11 is 6.48. The highest BCUT2D eigenvalue weighted by Gasteiger charge is 2.24. The van der Waals surface area contributed by atoms with E-state index in [1.54, 1.807) is 31.4 Å². The summed E-state index contributed by atoms with van der Waals surface area (Å²) in [6.07, 6.45) is 0.756. The Hall–Kier alpha value is -3.30. The van der Waals surface area contributed by atoms with Crippen molar-refractivity contribution in [1.82, 2.24) is 25.0 Å². The molecule has 34 heavy (non-hydrogen) atoms. The van der Waals surface area contributed by atoms with Gasteiger partial charge in [0.2, 0.25) is 6.79 Å². The van der Waals surface area contributed by atoms with Crippen LogP contribution in [-0.2, 0) is 19.5 Å². The fraction of sp³-hybridized carbons (Fsp3) is 0.375. The molecule has 10 heteroatoms. The van der Waals surface area contributed by atoms with Crippen molar-refractivity contribution < 1.29 is 19.0 Å². The molecule has 0 bridgehead atoms. The van der Waals surface area contributed by atoms with Gasteiger partial charge in [0.25, 0.3) is 5.91 Å². The SMILES string of the molecule is COc1cccc(C(=O)N[C@H](C)c2nnc3n2CCN(Cc2cc4c(cc2Cl)OCO4)CC3)c1. The summed E-state index contributed by atoms with van der Waals surface area (Å²) in [4.78, 5) is 15.1. The normalized spacial score (nSPS) is 16.0. The van der Waals surface area contributed by atoms with Crippen LogP contribution in [0.25, 0.3) is 0 Å². The number of hydrogen-bond donors (Lipinski definition) is 1. The van der Waals surface area contributed by atoms with Gasteiger partial charge in [-0.3, -0.25) is 9.69 Å². The van der Waals surface area contributed by atoms with Gasteiger partial charge in [0, 0.05) is 49.3 Å². The zero-order chi connectivity index (χ0) is 23.7. The molecule has 0 unspecified atom stereocenters. The maximum atomic E-state index is 12.8. The van der Waals surface area contributed by atoms with Crippen LogP contribution < -0.4 is 19.5 Å². The average molecular weight is 484 g/mol. The molecule has 2 aliphatic rings. The van der Waals surface area contributed by atoms with Crippen LogP contribution in [0.2, 0.25) is 5.02 Å². The molecule has 0 fully saturated rings. The first-order valence-electron chi connectivity index (χ1n) is 11.2. The fourth-order valence-electron chi connectivity index (χ4n) is 4.30. The van der Waals surface area contributed by atoms with E-state index in [1.165, 1.54) is 0 Å². The molecule has 0 spiro atoms. The van der Waals surface area contributed by atoms with Crippen molar-refractivity contribution in [3.05, 3.63) is 64.2 Å². The predicted octanol–water partition coefficient (Wildman–Crippen LogP) is 3.22. The maximum Gasteiger partial charge on any atom is 0.251 e. The van der Waals surface area contributed by atoms with Crippen LogP contribution in [0.5, 0.6) is 17.2 Å². The van der Waals surface area contributed by atoms with Crippen LogP contribution >= 0.6 is 11.6 Å². The predicted molar refractivity (Wildman–Crippen MR) is 125 cm³/mol. The van der Waals surface area contributed by atoms with Crippen LogP contribution in [-0.4, -0.2) is 52.6 Å². The molecular formula is C24H26ClN5O4. The number of methoxy groups -OCH3 is 1. The van der Waals surface area contributed by atoms with E-state index in [9.17, 15) is 4.79 Å². The number of fused-ring (bicyclic) bond motifs is 2. The van der Waals surface area contributed by atoms with Crippen molar-refractivity contribution in [3.63, 3.8) is 0 Å². The van der Waals surface area contributed by atoms with Crippen LogP contribution in [0.4, 0.5) is 0 Å². The van der Waals surface area contributed by atoms with Gasteiger partial charge < -0.3 is 24.1 Å². The fourth-order valence-corrected chi connectivity index (χ4v) is 4.51. The van der Waals surface area contributed by atoms with Gasteiger partial charge in [0.15, 0.2) is 17.3 Å². The Bertz CT molecular complexity index is 1210. The number of aromatic nitrogens is 3. The molecule has 1 aromatic heterocycles. The second kappa shape index (κ2) is 9.52. The van der Waals surface area contributed by atoms with E-state index in [0.29, 0.717) is 28.6 Å². The number of halogens is 1. The van der Waals surface area contributed by atoms with Crippen LogP contribution in [0.3, 0.4) is 0 Å². The van der Waals surface area contributed by atoms with Gasteiger partial charge in [-0.15, -0.1) is 10.2 Å². The molecule has 3 aromatic rings. The van der Waals surface area contributed by atoms with Gasteiger partial charge in [0.05, 0.1) is 13.2 Å². The topological polar surface area (TPSA) is 90.7 Å². The first-order valence-corrected chi connectivity index (χ1v) is 11.6. The highest BCUT2D eigenvalue weighted by atomic mass is 35.5. The molecule has 3 heterocycles. The largest absolute Gasteiger partial charge is 0.497 e. The summed E-state index contributed by atoms with van der Waals surface area (Å²) < 4.78 is 18.2. The van der Waals surface area contributed by atoms with Crippen molar-refractivity contribution in [2.24, 2.45) is 0 Å². The number of ether oxygens (including phenoxy) is 3. The van der Waals surface area contributed by atoms with Crippen LogP contribution in [0.15, 0.2) is 36.4 Å². The number of carbonyl (C=O) groups excluding carboxylic acids is 1. The number of rotatable bonds is 6. The minimum absolute atomic E-state index is 0.184. The van der Waals surface area contributed by atoms with Crippen molar-refractivity contribution in [2.45, 2.75) is 32.5 Å². The van der Waals surface area contributed by atoms with E-state index < -0.39 is 0 Å².